The predicted octanol–water partition coefficient (Wildman–Crippen LogP) is 1.74. The van der Waals surface area contributed by atoms with Crippen molar-refractivity contribution in [1.29, 1.82) is 0 Å². The summed E-state index contributed by atoms with van der Waals surface area (Å²) in [6.45, 7) is 2.01. The maximum absolute atomic E-state index is 11.0. The van der Waals surface area contributed by atoms with Crippen molar-refractivity contribution in [2.24, 2.45) is 0 Å². The minimum absolute atomic E-state index is 0.00306. The third-order valence-electron chi connectivity index (χ3n) is 2.64. The minimum Gasteiger partial charge on any atom is -0.373 e. The number of hydrogen-bond donors (Lipinski definition) is 2. The second kappa shape index (κ2) is 6.15. The lowest BCUT2D eigenvalue weighted by Gasteiger charge is -2.24. The molecule has 7 heteroatoms. The van der Waals surface area contributed by atoms with Gasteiger partial charge in [0.25, 0.3) is 0 Å². The largest absolute Gasteiger partial charge is 0.373 e. The molecule has 0 saturated heterocycles. The molecule has 0 fully saturated rings. The molecule has 1 heterocycles. The van der Waals surface area contributed by atoms with Crippen molar-refractivity contribution in [1.82, 2.24) is 9.88 Å². The Morgan fingerprint density at radius 1 is 1.50 bits per heavy atom. The van der Waals surface area contributed by atoms with Gasteiger partial charge in [0.1, 0.15) is 5.82 Å². The number of aromatic nitrogens is 1. The normalized spacial score (nSPS) is 12.3. The Kier molecular flexibility index (Phi) is 4.85. The molecule has 0 radical (unpaired) electrons. The summed E-state index contributed by atoms with van der Waals surface area (Å²) in [5.41, 5.74) is -0.0192. The number of nitro groups is 1. The van der Waals surface area contributed by atoms with E-state index in [1.165, 1.54) is 6.07 Å². The maximum Gasteiger partial charge on any atom is 0.311 e. The monoisotopic (exact) mass is 253 g/mol. The zero-order valence-electron chi connectivity index (χ0n) is 11.1. The van der Waals surface area contributed by atoms with E-state index in [2.05, 4.69) is 15.6 Å². The standard InChI is InChI=1S/C11H19N5O2/c1-5-10(15(3)4)14-11-8(16(17)18)6-7-9(12-2)13-11/h6-7,10H,5H2,1-4H3,(H2,12,13,14). The molecule has 0 bridgehead atoms. The van der Waals surface area contributed by atoms with Crippen molar-refractivity contribution in [2.75, 3.05) is 31.8 Å². The van der Waals surface area contributed by atoms with Crippen LogP contribution in [0.1, 0.15) is 13.3 Å². The number of nitrogens with one attached hydrogen (secondary N) is 2. The zero-order chi connectivity index (χ0) is 13.7. The molecule has 18 heavy (non-hydrogen) atoms. The van der Waals surface area contributed by atoms with E-state index in [1.807, 2.05) is 25.9 Å². The molecule has 0 amide bonds. The van der Waals surface area contributed by atoms with Gasteiger partial charge in [0.05, 0.1) is 11.1 Å². The molecule has 1 atom stereocenters. The second-order valence-electron chi connectivity index (χ2n) is 4.10. The van der Waals surface area contributed by atoms with Crippen molar-refractivity contribution in [3.63, 3.8) is 0 Å². The SMILES string of the molecule is CCC(Nc1nc(NC)ccc1[N+](=O)[O-])N(C)C. The summed E-state index contributed by atoms with van der Waals surface area (Å²) in [4.78, 5) is 16.7. The number of rotatable bonds is 6. The minimum atomic E-state index is -0.433. The Hall–Kier alpha value is -1.89. The smallest absolute Gasteiger partial charge is 0.311 e. The van der Waals surface area contributed by atoms with Crippen molar-refractivity contribution in [3.8, 4) is 0 Å². The molecule has 1 rings (SSSR count). The summed E-state index contributed by atoms with van der Waals surface area (Å²) < 4.78 is 0. The van der Waals surface area contributed by atoms with Gasteiger partial charge in [0, 0.05) is 13.1 Å². The van der Waals surface area contributed by atoms with E-state index in [9.17, 15) is 10.1 Å². The quantitative estimate of drug-likeness (QED) is 0.456. The van der Waals surface area contributed by atoms with E-state index in [-0.39, 0.29) is 17.7 Å². The van der Waals surface area contributed by atoms with Crippen molar-refractivity contribution >= 4 is 17.3 Å². The van der Waals surface area contributed by atoms with Gasteiger partial charge in [0.2, 0.25) is 5.82 Å². The van der Waals surface area contributed by atoms with Crippen LogP contribution in [-0.4, -0.2) is 42.1 Å². The molecular weight excluding hydrogens is 234 g/mol. The molecule has 7 nitrogen and oxygen atoms in total. The van der Waals surface area contributed by atoms with Crippen LogP contribution in [0.5, 0.6) is 0 Å². The summed E-state index contributed by atoms with van der Waals surface area (Å²) >= 11 is 0. The molecule has 0 saturated carbocycles. The Bertz CT molecular complexity index is 422. The first-order valence-electron chi connectivity index (χ1n) is 5.75. The Morgan fingerprint density at radius 3 is 2.61 bits per heavy atom. The number of pyridine rings is 1. The third-order valence-corrected chi connectivity index (χ3v) is 2.64. The Labute approximate surface area is 106 Å². The molecule has 0 spiro atoms. The van der Waals surface area contributed by atoms with Crippen LogP contribution >= 0.6 is 0 Å². The van der Waals surface area contributed by atoms with Crippen LogP contribution in [-0.2, 0) is 0 Å². The molecule has 1 aromatic rings. The summed E-state index contributed by atoms with van der Waals surface area (Å²) in [5.74, 6) is 0.879. The number of hydrogen-bond acceptors (Lipinski definition) is 6. The predicted molar refractivity (Wildman–Crippen MR) is 71.8 cm³/mol. The van der Waals surface area contributed by atoms with Crippen LogP contribution < -0.4 is 10.6 Å². The van der Waals surface area contributed by atoms with Crippen LogP contribution in [0.4, 0.5) is 17.3 Å². The average molecular weight is 253 g/mol. The first-order valence-corrected chi connectivity index (χ1v) is 5.75. The Morgan fingerprint density at radius 2 is 2.17 bits per heavy atom. The van der Waals surface area contributed by atoms with Crippen LogP contribution in [0.25, 0.3) is 0 Å². The van der Waals surface area contributed by atoms with Gasteiger partial charge in [-0.2, -0.15) is 0 Å². The summed E-state index contributed by atoms with van der Waals surface area (Å²) in [6.07, 6.45) is 0.818. The lowest BCUT2D eigenvalue weighted by Crippen LogP contribution is -2.35. The van der Waals surface area contributed by atoms with E-state index in [0.29, 0.717) is 5.82 Å². The van der Waals surface area contributed by atoms with Crippen LogP contribution in [0, 0.1) is 10.1 Å². The fraction of sp³-hybridized carbons (Fsp3) is 0.545. The highest BCUT2D eigenvalue weighted by Gasteiger charge is 2.19. The highest BCUT2D eigenvalue weighted by Crippen LogP contribution is 2.25. The van der Waals surface area contributed by atoms with Crippen LogP contribution in [0.2, 0.25) is 0 Å². The number of nitrogens with zero attached hydrogens (tertiary/aromatic N) is 3. The molecule has 1 aromatic heterocycles. The number of anilines is 2. The molecule has 0 aliphatic carbocycles. The zero-order valence-corrected chi connectivity index (χ0v) is 11.1. The molecule has 0 aromatic carbocycles. The van der Waals surface area contributed by atoms with Gasteiger partial charge in [0.15, 0.2) is 0 Å². The Balaban J connectivity index is 3.07. The lowest BCUT2D eigenvalue weighted by atomic mass is 10.3. The van der Waals surface area contributed by atoms with E-state index in [0.717, 1.165) is 6.42 Å². The highest BCUT2D eigenvalue weighted by atomic mass is 16.6. The topological polar surface area (TPSA) is 83.3 Å². The summed E-state index contributed by atoms with van der Waals surface area (Å²) in [6, 6.07) is 3.03. The van der Waals surface area contributed by atoms with E-state index in [4.69, 9.17) is 0 Å². The highest BCUT2D eigenvalue weighted by molar-refractivity contribution is 5.60. The van der Waals surface area contributed by atoms with Gasteiger partial charge in [-0.25, -0.2) is 4.98 Å². The van der Waals surface area contributed by atoms with E-state index >= 15 is 0 Å². The van der Waals surface area contributed by atoms with Gasteiger partial charge in [-0.05, 0) is 26.6 Å². The van der Waals surface area contributed by atoms with Gasteiger partial charge >= 0.3 is 5.69 Å². The summed E-state index contributed by atoms with van der Waals surface area (Å²) in [7, 11) is 5.55. The van der Waals surface area contributed by atoms with Crippen LogP contribution in [0.3, 0.4) is 0 Å². The van der Waals surface area contributed by atoms with E-state index in [1.54, 1.807) is 13.1 Å². The van der Waals surface area contributed by atoms with Crippen LogP contribution in [0.15, 0.2) is 12.1 Å². The molecule has 0 aliphatic heterocycles. The molecule has 2 N–H and O–H groups in total. The maximum atomic E-state index is 11.0. The molecule has 1 unspecified atom stereocenters. The third kappa shape index (κ3) is 3.30. The van der Waals surface area contributed by atoms with Crippen molar-refractivity contribution in [3.05, 3.63) is 22.2 Å². The van der Waals surface area contributed by atoms with Gasteiger partial charge < -0.3 is 10.6 Å². The average Bonchev–Trinajstić information content (AvgIpc) is 2.34. The van der Waals surface area contributed by atoms with E-state index < -0.39 is 4.92 Å². The fourth-order valence-corrected chi connectivity index (χ4v) is 1.60. The van der Waals surface area contributed by atoms with Gasteiger partial charge in [-0.1, -0.05) is 6.92 Å². The first-order chi connectivity index (χ1) is 8.49. The fourth-order valence-electron chi connectivity index (χ4n) is 1.60. The lowest BCUT2D eigenvalue weighted by molar-refractivity contribution is -0.384. The van der Waals surface area contributed by atoms with Gasteiger partial charge in [-0.3, -0.25) is 15.0 Å². The first kappa shape index (κ1) is 14.2. The molecule has 100 valence electrons. The van der Waals surface area contributed by atoms with Gasteiger partial charge in [-0.15, -0.1) is 0 Å². The summed E-state index contributed by atoms with van der Waals surface area (Å²) in [5, 5.41) is 16.9. The van der Waals surface area contributed by atoms with Crippen molar-refractivity contribution < 1.29 is 4.92 Å². The van der Waals surface area contributed by atoms with Crippen molar-refractivity contribution in [2.45, 2.75) is 19.5 Å². The second-order valence-corrected chi connectivity index (χ2v) is 4.10. The molecule has 0 aliphatic rings. The molecular formula is C11H19N5O2.